The quantitative estimate of drug-likeness (QED) is 0.275. The van der Waals surface area contributed by atoms with Gasteiger partial charge in [0, 0.05) is 36.1 Å². The predicted octanol–water partition coefficient (Wildman–Crippen LogP) is 4.90. The number of aromatic nitrogens is 4. The fraction of sp³-hybridized carbons (Fsp3) is 0.300. The Morgan fingerprint density at radius 1 is 1.09 bits per heavy atom. The van der Waals surface area contributed by atoms with E-state index in [0.717, 1.165) is 22.9 Å². The van der Waals surface area contributed by atoms with Crippen molar-refractivity contribution >= 4 is 11.8 Å². The van der Waals surface area contributed by atoms with Crippen molar-refractivity contribution in [3.63, 3.8) is 0 Å². The smallest absolute Gasteiger partial charge is 0.355 e. The van der Waals surface area contributed by atoms with Gasteiger partial charge < -0.3 is 10.6 Å². The summed E-state index contributed by atoms with van der Waals surface area (Å²) in [5.41, 5.74) is 0.162. The van der Waals surface area contributed by atoms with Crippen LogP contribution in [-0.4, -0.2) is 38.6 Å². The molecule has 0 saturated heterocycles. The number of fused-ring (bicyclic) bond motifs is 3. The molecule has 8 nitrogen and oxygen atoms in total. The number of rotatable bonds is 8. The first-order valence-electron chi connectivity index (χ1n) is 13.7. The lowest BCUT2D eigenvalue weighted by Crippen LogP contribution is -2.34. The van der Waals surface area contributed by atoms with Crippen LogP contribution in [0.25, 0.3) is 11.1 Å². The van der Waals surface area contributed by atoms with Crippen molar-refractivity contribution in [1.82, 2.24) is 30.4 Å². The van der Waals surface area contributed by atoms with Gasteiger partial charge in [0.25, 0.3) is 5.91 Å². The third-order valence-electron chi connectivity index (χ3n) is 7.93. The summed E-state index contributed by atoms with van der Waals surface area (Å²) in [6, 6.07) is 5.49. The van der Waals surface area contributed by atoms with Crippen molar-refractivity contribution in [3.8, 4) is 11.1 Å². The molecule has 2 amide bonds. The molecule has 2 aromatic heterocycles. The number of amides is 2. The summed E-state index contributed by atoms with van der Waals surface area (Å²) >= 11 is 0. The molecular weight excluding hydrogens is 590 g/mol. The molecule has 2 N–H and O–H groups in total. The Bertz CT molecular complexity index is 1770. The summed E-state index contributed by atoms with van der Waals surface area (Å²) in [6.45, 7) is -0.538. The van der Waals surface area contributed by atoms with Crippen LogP contribution in [0.5, 0.6) is 0 Å². The van der Waals surface area contributed by atoms with Crippen molar-refractivity contribution < 1.29 is 35.9 Å². The molecule has 0 aliphatic heterocycles. The fourth-order valence-electron chi connectivity index (χ4n) is 5.93. The maximum atomic E-state index is 14.4. The molecule has 0 spiro atoms. The van der Waals surface area contributed by atoms with Gasteiger partial charge in [-0.15, -0.1) is 0 Å². The maximum absolute atomic E-state index is 14.4. The normalized spacial score (nSPS) is 17.5. The summed E-state index contributed by atoms with van der Waals surface area (Å²) in [5, 5.41) is 8.83. The number of hydrogen-bond acceptors (Lipinski definition) is 5. The molecule has 44 heavy (non-hydrogen) atoms. The van der Waals surface area contributed by atoms with Crippen LogP contribution in [0.2, 0.25) is 0 Å². The van der Waals surface area contributed by atoms with E-state index in [1.165, 1.54) is 31.7 Å². The van der Waals surface area contributed by atoms with Gasteiger partial charge in [-0.3, -0.25) is 14.3 Å². The first kappa shape index (κ1) is 29.3. The Morgan fingerprint density at radius 2 is 1.84 bits per heavy atom. The molecule has 1 fully saturated rings. The van der Waals surface area contributed by atoms with Crippen LogP contribution in [0.3, 0.4) is 0 Å². The first-order valence-corrected chi connectivity index (χ1v) is 13.7. The van der Waals surface area contributed by atoms with Crippen molar-refractivity contribution in [3.05, 3.63) is 100 Å². The number of alkyl halides is 3. The summed E-state index contributed by atoms with van der Waals surface area (Å²) in [6.07, 6.45) is -1.26. The Kier molecular flexibility index (Phi) is 7.38. The third kappa shape index (κ3) is 5.63. The van der Waals surface area contributed by atoms with Crippen molar-refractivity contribution in [2.24, 2.45) is 5.92 Å². The van der Waals surface area contributed by atoms with Crippen molar-refractivity contribution in [2.45, 2.75) is 43.9 Å². The zero-order valence-electron chi connectivity index (χ0n) is 23.1. The van der Waals surface area contributed by atoms with E-state index in [0.29, 0.717) is 30.2 Å². The second-order valence-electron chi connectivity index (χ2n) is 10.9. The van der Waals surface area contributed by atoms with Gasteiger partial charge in [-0.1, -0.05) is 6.07 Å². The maximum Gasteiger partial charge on any atom is 0.435 e. The molecule has 6 rings (SSSR count). The van der Waals surface area contributed by atoms with E-state index < -0.39 is 53.7 Å². The summed E-state index contributed by atoms with van der Waals surface area (Å²) < 4.78 is 85.0. The molecule has 1 saturated carbocycles. The van der Waals surface area contributed by atoms with Gasteiger partial charge in [-0.05, 0) is 66.5 Å². The van der Waals surface area contributed by atoms with Crippen molar-refractivity contribution in [2.75, 3.05) is 7.05 Å². The van der Waals surface area contributed by atoms with E-state index in [-0.39, 0.29) is 46.2 Å². The molecule has 0 bridgehead atoms. The topological polar surface area (TPSA) is 102 Å². The second-order valence-corrected chi connectivity index (χ2v) is 10.9. The molecule has 2 aliphatic carbocycles. The van der Waals surface area contributed by atoms with E-state index in [1.54, 1.807) is 0 Å². The minimum Gasteiger partial charge on any atom is -0.355 e. The first-order chi connectivity index (χ1) is 20.9. The van der Waals surface area contributed by atoms with Gasteiger partial charge in [0.1, 0.15) is 30.3 Å². The highest BCUT2D eigenvalue weighted by atomic mass is 19.4. The largest absolute Gasteiger partial charge is 0.435 e. The van der Waals surface area contributed by atoms with Gasteiger partial charge in [0.05, 0.1) is 17.3 Å². The molecule has 0 radical (unpaired) electrons. The number of nitrogens with zero attached hydrogens (tertiary/aromatic N) is 4. The molecule has 2 aliphatic rings. The summed E-state index contributed by atoms with van der Waals surface area (Å²) in [7, 11) is 1.34. The minimum atomic E-state index is -4.67. The molecule has 2 aromatic carbocycles. The number of nitrogens with one attached hydrogen (secondary N) is 2. The molecule has 2 unspecified atom stereocenters. The van der Waals surface area contributed by atoms with E-state index in [4.69, 9.17) is 0 Å². The molecular formula is C30H24F6N6O2. The van der Waals surface area contributed by atoms with Crippen LogP contribution in [0.4, 0.5) is 26.3 Å². The molecule has 4 aromatic rings. The average Bonchev–Trinajstić information content (AvgIpc) is 3.48. The SMILES string of the molecule is CNC(=O)c1cc(-c2cncnc2[C@H](Cc2cc(F)cc(F)c2)NC(=O)Cn2nc(C(F)(F)F)c3c2CC2CC32)ccc1F. The Labute approximate surface area is 246 Å². The van der Waals surface area contributed by atoms with Gasteiger partial charge in [0.15, 0.2) is 5.69 Å². The number of hydrogen-bond donors (Lipinski definition) is 2. The van der Waals surface area contributed by atoms with E-state index in [2.05, 4.69) is 25.7 Å². The zero-order chi connectivity index (χ0) is 31.3. The van der Waals surface area contributed by atoms with Gasteiger partial charge in [-0.2, -0.15) is 18.3 Å². The highest BCUT2D eigenvalue weighted by molar-refractivity contribution is 5.95. The zero-order valence-corrected chi connectivity index (χ0v) is 23.1. The van der Waals surface area contributed by atoms with Crippen LogP contribution in [0.15, 0.2) is 48.9 Å². The third-order valence-corrected chi connectivity index (χ3v) is 7.93. The number of carbonyl (C=O) groups is 2. The van der Waals surface area contributed by atoms with Crippen molar-refractivity contribution in [1.29, 1.82) is 0 Å². The standard InChI is InChI=1S/C30H24F6N6O2/c1-37-29(44)20-7-15(2-3-22(20)33)21-11-38-13-39-27(21)23(6-14-4-17(31)10-18(32)5-14)40-25(43)12-42-24-9-16-8-19(16)26(24)28(41-42)30(34,35)36/h2-5,7,10-11,13,16,19,23H,6,8-9,12H2,1H3,(H,37,44)(H,40,43)/t16?,19?,23-/m0/s1. The fourth-order valence-corrected chi connectivity index (χ4v) is 5.93. The number of carbonyl (C=O) groups excluding carboxylic acids is 2. The lowest BCUT2D eigenvalue weighted by atomic mass is 9.95. The van der Waals surface area contributed by atoms with Crippen LogP contribution in [0, 0.1) is 23.4 Å². The molecule has 2 heterocycles. The number of halogens is 6. The van der Waals surface area contributed by atoms with Crippen LogP contribution < -0.4 is 10.6 Å². The van der Waals surface area contributed by atoms with Gasteiger partial charge in [0.2, 0.25) is 5.91 Å². The lowest BCUT2D eigenvalue weighted by molar-refractivity contribution is -0.142. The molecule has 228 valence electrons. The Morgan fingerprint density at radius 3 is 2.55 bits per heavy atom. The van der Waals surface area contributed by atoms with Gasteiger partial charge >= 0.3 is 6.18 Å². The minimum absolute atomic E-state index is 0.105. The van der Waals surface area contributed by atoms with E-state index >= 15 is 0 Å². The highest BCUT2D eigenvalue weighted by Crippen LogP contribution is 2.59. The van der Waals surface area contributed by atoms with E-state index in [9.17, 15) is 35.9 Å². The van der Waals surface area contributed by atoms with Crippen LogP contribution in [0.1, 0.15) is 56.9 Å². The highest BCUT2D eigenvalue weighted by Gasteiger charge is 2.53. The number of benzene rings is 2. The monoisotopic (exact) mass is 614 g/mol. The van der Waals surface area contributed by atoms with Gasteiger partial charge in [-0.25, -0.2) is 23.1 Å². The average molecular weight is 615 g/mol. The van der Waals surface area contributed by atoms with Crippen LogP contribution in [-0.2, 0) is 30.4 Å². The Balaban J connectivity index is 1.36. The molecule has 3 atom stereocenters. The predicted molar refractivity (Wildman–Crippen MR) is 144 cm³/mol. The summed E-state index contributed by atoms with van der Waals surface area (Å²) in [5.74, 6) is -4.01. The molecule has 14 heteroatoms. The second kappa shape index (κ2) is 11.1. The Hall–Kier alpha value is -4.75. The van der Waals surface area contributed by atoms with E-state index in [1.807, 2.05) is 0 Å². The summed E-state index contributed by atoms with van der Waals surface area (Å²) in [4.78, 5) is 34.0. The van der Waals surface area contributed by atoms with Crippen LogP contribution >= 0.6 is 0 Å². The lowest BCUT2D eigenvalue weighted by Gasteiger charge is -2.22.